The first-order valence-corrected chi connectivity index (χ1v) is 8.16. The van der Waals surface area contributed by atoms with E-state index in [0.29, 0.717) is 18.3 Å². The van der Waals surface area contributed by atoms with Crippen molar-refractivity contribution in [2.45, 2.75) is 31.7 Å². The van der Waals surface area contributed by atoms with Gasteiger partial charge in [0.2, 0.25) is 15.9 Å². The summed E-state index contributed by atoms with van der Waals surface area (Å²) in [6, 6.07) is 2.93. The van der Waals surface area contributed by atoms with E-state index in [2.05, 4.69) is 20.0 Å². The number of anilines is 1. The first-order chi connectivity index (χ1) is 10.0. The molecule has 21 heavy (non-hydrogen) atoms. The molecule has 0 aliphatic carbocycles. The molecule has 7 nitrogen and oxygen atoms in total. The molecule has 0 unspecified atom stereocenters. The number of nitrogens with zero attached hydrogens (tertiary/aromatic N) is 2. The molecule has 2 heterocycles. The molecule has 0 radical (unpaired) electrons. The van der Waals surface area contributed by atoms with Crippen molar-refractivity contribution < 1.29 is 12.8 Å². The van der Waals surface area contributed by atoms with Gasteiger partial charge >= 0.3 is 0 Å². The Bertz CT molecular complexity index is 697. The predicted octanol–water partition coefficient (Wildman–Crippen LogP) is 1.54. The van der Waals surface area contributed by atoms with E-state index in [-0.39, 0.29) is 11.4 Å². The van der Waals surface area contributed by atoms with Gasteiger partial charge in [0.1, 0.15) is 11.6 Å². The second-order valence-electron chi connectivity index (χ2n) is 4.31. The van der Waals surface area contributed by atoms with Crippen molar-refractivity contribution in [2.24, 2.45) is 0 Å². The Hall–Kier alpha value is -1.93. The smallest absolute Gasteiger partial charge is 0.241 e. The van der Waals surface area contributed by atoms with Crippen LogP contribution in [0.15, 0.2) is 33.8 Å². The number of rotatable bonds is 7. The van der Waals surface area contributed by atoms with E-state index in [4.69, 9.17) is 4.42 Å². The van der Waals surface area contributed by atoms with E-state index in [0.717, 1.165) is 12.2 Å². The fourth-order valence-corrected chi connectivity index (χ4v) is 2.68. The number of oxazole rings is 1. The summed E-state index contributed by atoms with van der Waals surface area (Å²) in [4.78, 5) is 8.20. The van der Waals surface area contributed by atoms with Gasteiger partial charge in [-0.05, 0) is 13.0 Å². The monoisotopic (exact) mass is 310 g/mol. The van der Waals surface area contributed by atoms with Gasteiger partial charge in [0.25, 0.3) is 0 Å². The number of pyridine rings is 1. The Kier molecular flexibility index (Phi) is 4.92. The van der Waals surface area contributed by atoms with Crippen molar-refractivity contribution in [3.8, 4) is 0 Å². The standard InChI is InChI=1S/C13H18N4O3S/c1-3-10-8-16-13(20-10)9-17-21(18,19)11-5-6-15-12(7-11)14-4-2/h5-8,17H,3-4,9H2,1-2H3,(H,14,15). The molecule has 2 rings (SSSR count). The molecule has 0 spiro atoms. The molecule has 2 aromatic rings. The zero-order chi connectivity index (χ0) is 15.3. The zero-order valence-electron chi connectivity index (χ0n) is 12.0. The summed E-state index contributed by atoms with van der Waals surface area (Å²) in [7, 11) is -3.63. The van der Waals surface area contributed by atoms with E-state index < -0.39 is 10.0 Å². The first-order valence-electron chi connectivity index (χ1n) is 6.68. The van der Waals surface area contributed by atoms with E-state index in [1.165, 1.54) is 18.3 Å². The average molecular weight is 310 g/mol. The minimum absolute atomic E-state index is 0.0151. The van der Waals surface area contributed by atoms with Gasteiger partial charge in [-0.2, -0.15) is 0 Å². The molecule has 0 bridgehead atoms. The maximum absolute atomic E-state index is 12.2. The quantitative estimate of drug-likeness (QED) is 0.805. The van der Waals surface area contributed by atoms with Crippen molar-refractivity contribution in [1.82, 2.24) is 14.7 Å². The molecule has 2 N–H and O–H groups in total. The molecule has 0 amide bonds. The Balaban J connectivity index is 2.09. The fraction of sp³-hybridized carbons (Fsp3) is 0.385. The molecule has 0 atom stereocenters. The SMILES string of the molecule is CCNc1cc(S(=O)(=O)NCc2ncc(CC)o2)ccn1. The number of aryl methyl sites for hydroxylation is 1. The zero-order valence-corrected chi connectivity index (χ0v) is 12.8. The normalized spacial score (nSPS) is 11.5. The van der Waals surface area contributed by atoms with Crippen LogP contribution in [0, 0.1) is 0 Å². The molecule has 0 saturated heterocycles. The third-order valence-electron chi connectivity index (χ3n) is 2.76. The highest BCUT2D eigenvalue weighted by Crippen LogP contribution is 2.13. The molecule has 0 aromatic carbocycles. The van der Waals surface area contributed by atoms with Crippen LogP contribution in [0.4, 0.5) is 5.82 Å². The van der Waals surface area contributed by atoms with Crippen molar-refractivity contribution in [3.05, 3.63) is 36.2 Å². The van der Waals surface area contributed by atoms with Gasteiger partial charge in [-0.1, -0.05) is 6.92 Å². The first kappa shape index (κ1) is 15.5. The van der Waals surface area contributed by atoms with Crippen LogP contribution in [0.5, 0.6) is 0 Å². The third kappa shape index (κ3) is 4.02. The van der Waals surface area contributed by atoms with Crippen LogP contribution in [0.2, 0.25) is 0 Å². The van der Waals surface area contributed by atoms with Crippen molar-refractivity contribution in [1.29, 1.82) is 0 Å². The summed E-state index contributed by atoms with van der Waals surface area (Å²) in [6.45, 7) is 4.53. The van der Waals surface area contributed by atoms with E-state index >= 15 is 0 Å². The Morgan fingerprint density at radius 3 is 2.76 bits per heavy atom. The van der Waals surface area contributed by atoms with E-state index in [1.54, 1.807) is 6.20 Å². The van der Waals surface area contributed by atoms with Crippen LogP contribution >= 0.6 is 0 Å². The minimum Gasteiger partial charge on any atom is -0.444 e. The summed E-state index contributed by atoms with van der Waals surface area (Å²) in [6.07, 6.45) is 3.77. The molecule has 0 saturated carbocycles. The Morgan fingerprint density at radius 1 is 1.29 bits per heavy atom. The lowest BCUT2D eigenvalue weighted by Gasteiger charge is -2.07. The van der Waals surface area contributed by atoms with Gasteiger partial charge in [-0.3, -0.25) is 0 Å². The van der Waals surface area contributed by atoms with Crippen LogP contribution in [0.3, 0.4) is 0 Å². The number of hydrogen-bond donors (Lipinski definition) is 2. The third-order valence-corrected chi connectivity index (χ3v) is 4.16. The second kappa shape index (κ2) is 6.68. The van der Waals surface area contributed by atoms with Gasteiger partial charge in [0.15, 0.2) is 0 Å². The maximum Gasteiger partial charge on any atom is 0.241 e. The molecule has 8 heteroatoms. The number of nitrogens with one attached hydrogen (secondary N) is 2. The summed E-state index contributed by atoms with van der Waals surface area (Å²) in [5, 5.41) is 2.97. The van der Waals surface area contributed by atoms with Crippen molar-refractivity contribution >= 4 is 15.8 Å². The lowest BCUT2D eigenvalue weighted by molar-refractivity contribution is 0.452. The molecule has 0 aliphatic heterocycles. The van der Waals surface area contributed by atoms with Gasteiger partial charge < -0.3 is 9.73 Å². The topological polar surface area (TPSA) is 97.1 Å². The summed E-state index contributed by atoms with van der Waals surface area (Å²) in [5.41, 5.74) is 0. The number of hydrogen-bond acceptors (Lipinski definition) is 6. The lowest BCUT2D eigenvalue weighted by atomic mass is 10.4. The average Bonchev–Trinajstić information content (AvgIpc) is 2.94. The molecular weight excluding hydrogens is 292 g/mol. The summed E-state index contributed by atoms with van der Waals surface area (Å²) >= 11 is 0. The van der Waals surface area contributed by atoms with Gasteiger partial charge in [0, 0.05) is 25.2 Å². The van der Waals surface area contributed by atoms with Gasteiger partial charge in [-0.15, -0.1) is 0 Å². The van der Waals surface area contributed by atoms with E-state index in [9.17, 15) is 8.42 Å². The largest absolute Gasteiger partial charge is 0.444 e. The lowest BCUT2D eigenvalue weighted by Crippen LogP contribution is -2.23. The molecule has 0 fully saturated rings. The highest BCUT2D eigenvalue weighted by molar-refractivity contribution is 7.89. The van der Waals surface area contributed by atoms with Crippen LogP contribution < -0.4 is 10.0 Å². The predicted molar refractivity (Wildman–Crippen MR) is 78.3 cm³/mol. The number of sulfonamides is 1. The molecule has 114 valence electrons. The van der Waals surface area contributed by atoms with Crippen molar-refractivity contribution in [3.63, 3.8) is 0 Å². The maximum atomic E-state index is 12.2. The van der Waals surface area contributed by atoms with Crippen LogP contribution in [0.1, 0.15) is 25.5 Å². The number of aromatic nitrogens is 2. The highest BCUT2D eigenvalue weighted by Gasteiger charge is 2.16. The highest BCUT2D eigenvalue weighted by atomic mass is 32.2. The van der Waals surface area contributed by atoms with Gasteiger partial charge in [-0.25, -0.2) is 23.1 Å². The Morgan fingerprint density at radius 2 is 2.10 bits per heavy atom. The molecular formula is C13H18N4O3S. The second-order valence-corrected chi connectivity index (χ2v) is 6.07. The summed E-state index contributed by atoms with van der Waals surface area (Å²) in [5.74, 6) is 1.59. The Labute approximate surface area is 123 Å². The summed E-state index contributed by atoms with van der Waals surface area (Å²) < 4.78 is 32.2. The molecule has 2 aromatic heterocycles. The van der Waals surface area contributed by atoms with Crippen LogP contribution in [0.25, 0.3) is 0 Å². The minimum atomic E-state index is -3.63. The van der Waals surface area contributed by atoms with E-state index in [1.807, 2.05) is 13.8 Å². The van der Waals surface area contributed by atoms with Crippen molar-refractivity contribution in [2.75, 3.05) is 11.9 Å². The van der Waals surface area contributed by atoms with Gasteiger partial charge in [0.05, 0.1) is 17.6 Å². The molecule has 0 aliphatic rings. The van der Waals surface area contributed by atoms with Crippen LogP contribution in [-0.2, 0) is 23.0 Å². The van der Waals surface area contributed by atoms with Crippen LogP contribution in [-0.4, -0.2) is 24.9 Å². The fourth-order valence-electron chi connectivity index (χ4n) is 1.69.